The summed E-state index contributed by atoms with van der Waals surface area (Å²) >= 11 is 3.43. The fraction of sp³-hybridized carbons (Fsp3) is 0.400. The number of nitrogens with two attached hydrogens (primary N) is 1. The average Bonchev–Trinajstić information content (AvgIpc) is 2.41. The van der Waals surface area contributed by atoms with Gasteiger partial charge in [0.1, 0.15) is 0 Å². The number of likely N-dealkylation sites (N-methyl/N-ethyl adjacent to an activating group) is 1. The van der Waals surface area contributed by atoms with Crippen LogP contribution in [0.5, 0.6) is 0 Å². The molecule has 0 aliphatic heterocycles. The number of aromatic nitrogens is 1. The highest BCUT2D eigenvalue weighted by atomic mass is 79.9. The van der Waals surface area contributed by atoms with Gasteiger partial charge in [0.15, 0.2) is 0 Å². The van der Waals surface area contributed by atoms with Gasteiger partial charge in [-0.2, -0.15) is 0 Å². The van der Waals surface area contributed by atoms with Gasteiger partial charge in [-0.3, -0.25) is 4.98 Å². The molecule has 0 amide bonds. The minimum Gasteiger partial charge on any atom is -0.398 e. The lowest BCUT2D eigenvalue weighted by molar-refractivity contribution is 0.284. The summed E-state index contributed by atoms with van der Waals surface area (Å²) < 4.78 is 0.938. The highest BCUT2D eigenvalue weighted by molar-refractivity contribution is 9.10. The van der Waals surface area contributed by atoms with Crippen molar-refractivity contribution in [1.29, 1.82) is 0 Å². The summed E-state index contributed by atoms with van der Waals surface area (Å²) in [4.78, 5) is 6.77. The van der Waals surface area contributed by atoms with Crippen LogP contribution in [-0.2, 0) is 0 Å². The summed E-state index contributed by atoms with van der Waals surface area (Å²) in [5, 5.41) is 4.42. The lowest BCUT2D eigenvalue weighted by Crippen LogP contribution is -2.31. The van der Waals surface area contributed by atoms with E-state index < -0.39 is 0 Å². The number of fused-ring (bicyclic) bond motifs is 1. The molecule has 3 N–H and O–H groups in total. The van der Waals surface area contributed by atoms with Gasteiger partial charge < -0.3 is 16.0 Å². The van der Waals surface area contributed by atoms with Crippen molar-refractivity contribution < 1.29 is 0 Å². The third kappa shape index (κ3) is 3.41. The minimum atomic E-state index is 0.550. The Bertz CT molecular complexity index is 598. The van der Waals surface area contributed by atoms with Crippen LogP contribution in [0.4, 0.5) is 11.4 Å². The molecule has 108 valence electrons. The molecule has 1 heterocycles. The molecule has 0 radical (unpaired) electrons. The molecule has 0 unspecified atom stereocenters. The summed E-state index contributed by atoms with van der Waals surface area (Å²) in [7, 11) is 2.13. The minimum absolute atomic E-state index is 0.550. The van der Waals surface area contributed by atoms with E-state index in [9.17, 15) is 0 Å². The molecule has 1 aromatic heterocycles. The molecule has 0 saturated carbocycles. The summed E-state index contributed by atoms with van der Waals surface area (Å²) in [5.74, 6) is 0. The molecule has 0 spiro atoms. The third-order valence-corrected chi connectivity index (χ3v) is 3.95. The molecule has 0 bridgehead atoms. The Morgan fingerprint density at radius 1 is 1.40 bits per heavy atom. The standard InChI is InChI=1S/C15H21BrN4/c1-10(2)20(3)7-6-18-14-5-4-13(17)12-8-11(16)9-19-15(12)14/h4-5,8-10,18H,6-7,17H2,1-3H3. The molecule has 5 heteroatoms. The van der Waals surface area contributed by atoms with E-state index in [1.807, 2.05) is 18.2 Å². The highest BCUT2D eigenvalue weighted by Gasteiger charge is 2.07. The molecule has 20 heavy (non-hydrogen) atoms. The van der Waals surface area contributed by atoms with E-state index >= 15 is 0 Å². The van der Waals surface area contributed by atoms with Crippen molar-refractivity contribution in [3.63, 3.8) is 0 Å². The molecule has 0 saturated heterocycles. The number of rotatable bonds is 5. The lowest BCUT2D eigenvalue weighted by atomic mass is 10.1. The average molecular weight is 337 g/mol. The van der Waals surface area contributed by atoms with Crippen molar-refractivity contribution in [3.8, 4) is 0 Å². The molecular formula is C15H21BrN4. The monoisotopic (exact) mass is 336 g/mol. The van der Waals surface area contributed by atoms with Crippen LogP contribution >= 0.6 is 15.9 Å². The number of nitrogens with one attached hydrogen (secondary N) is 1. The topological polar surface area (TPSA) is 54.2 Å². The number of nitrogen functional groups attached to an aromatic ring is 1. The smallest absolute Gasteiger partial charge is 0.0954 e. The van der Waals surface area contributed by atoms with Crippen LogP contribution in [0.1, 0.15) is 13.8 Å². The van der Waals surface area contributed by atoms with E-state index in [0.717, 1.165) is 39.8 Å². The molecule has 2 aromatic rings. The van der Waals surface area contributed by atoms with Gasteiger partial charge in [-0.05, 0) is 55.0 Å². The fourth-order valence-electron chi connectivity index (χ4n) is 1.98. The zero-order valence-corrected chi connectivity index (χ0v) is 13.7. The van der Waals surface area contributed by atoms with E-state index in [0.29, 0.717) is 6.04 Å². The number of benzene rings is 1. The number of anilines is 2. The Morgan fingerprint density at radius 3 is 2.85 bits per heavy atom. The second kappa shape index (κ2) is 6.41. The molecule has 2 rings (SSSR count). The SMILES string of the molecule is CC(C)N(C)CCNc1ccc(N)c2cc(Br)cnc12. The van der Waals surface area contributed by atoms with E-state index in [-0.39, 0.29) is 0 Å². The van der Waals surface area contributed by atoms with E-state index in [4.69, 9.17) is 5.73 Å². The molecule has 0 atom stereocenters. The summed E-state index contributed by atoms with van der Waals surface area (Å²) in [6.45, 7) is 6.25. The largest absolute Gasteiger partial charge is 0.398 e. The van der Waals surface area contributed by atoms with Crippen LogP contribution in [0.3, 0.4) is 0 Å². The van der Waals surface area contributed by atoms with Crippen LogP contribution in [0.25, 0.3) is 10.9 Å². The molecule has 0 aliphatic rings. The maximum Gasteiger partial charge on any atom is 0.0954 e. The predicted molar refractivity (Wildman–Crippen MR) is 90.1 cm³/mol. The maximum absolute atomic E-state index is 6.01. The Labute approximate surface area is 128 Å². The van der Waals surface area contributed by atoms with Crippen molar-refractivity contribution >= 4 is 38.2 Å². The van der Waals surface area contributed by atoms with Crippen molar-refractivity contribution in [2.24, 2.45) is 0 Å². The molecular weight excluding hydrogens is 316 g/mol. The summed E-state index contributed by atoms with van der Waals surface area (Å²) in [6, 6.07) is 6.47. The number of hydrogen-bond donors (Lipinski definition) is 2. The van der Waals surface area contributed by atoms with Crippen LogP contribution in [-0.4, -0.2) is 36.1 Å². The zero-order valence-electron chi connectivity index (χ0n) is 12.2. The van der Waals surface area contributed by atoms with Gasteiger partial charge in [-0.25, -0.2) is 0 Å². The quantitative estimate of drug-likeness (QED) is 0.822. The van der Waals surface area contributed by atoms with Gasteiger partial charge in [-0.1, -0.05) is 0 Å². The number of pyridine rings is 1. The van der Waals surface area contributed by atoms with E-state index in [2.05, 4.69) is 52.0 Å². The molecule has 4 nitrogen and oxygen atoms in total. The zero-order chi connectivity index (χ0) is 14.7. The van der Waals surface area contributed by atoms with Crippen LogP contribution in [0, 0.1) is 0 Å². The van der Waals surface area contributed by atoms with Gasteiger partial charge in [0, 0.05) is 40.9 Å². The third-order valence-electron chi connectivity index (χ3n) is 3.51. The van der Waals surface area contributed by atoms with Crippen molar-refractivity contribution in [2.45, 2.75) is 19.9 Å². The highest BCUT2D eigenvalue weighted by Crippen LogP contribution is 2.28. The summed E-state index contributed by atoms with van der Waals surface area (Å²) in [6.07, 6.45) is 1.80. The van der Waals surface area contributed by atoms with Gasteiger partial charge in [0.25, 0.3) is 0 Å². The first-order valence-electron chi connectivity index (χ1n) is 6.77. The maximum atomic E-state index is 6.01. The van der Waals surface area contributed by atoms with Crippen LogP contribution < -0.4 is 11.1 Å². The lowest BCUT2D eigenvalue weighted by Gasteiger charge is -2.21. The van der Waals surface area contributed by atoms with Crippen LogP contribution in [0.2, 0.25) is 0 Å². The number of nitrogens with zero attached hydrogens (tertiary/aromatic N) is 2. The first-order chi connectivity index (χ1) is 9.49. The first kappa shape index (κ1) is 15.1. The van der Waals surface area contributed by atoms with Crippen molar-refractivity contribution in [3.05, 3.63) is 28.9 Å². The number of hydrogen-bond acceptors (Lipinski definition) is 4. The second-order valence-corrected chi connectivity index (χ2v) is 6.17. The van der Waals surface area contributed by atoms with Gasteiger partial charge in [0.2, 0.25) is 0 Å². The first-order valence-corrected chi connectivity index (χ1v) is 7.56. The Kier molecular flexibility index (Phi) is 4.83. The number of halogens is 1. The molecule has 0 aliphatic carbocycles. The van der Waals surface area contributed by atoms with E-state index in [1.54, 1.807) is 6.20 Å². The Hall–Kier alpha value is -1.33. The van der Waals surface area contributed by atoms with Gasteiger partial charge in [-0.15, -0.1) is 0 Å². The molecule has 1 aromatic carbocycles. The van der Waals surface area contributed by atoms with Crippen molar-refractivity contribution in [2.75, 3.05) is 31.2 Å². The summed E-state index contributed by atoms with van der Waals surface area (Å²) in [5.41, 5.74) is 8.71. The Balaban J connectivity index is 2.17. The Morgan fingerprint density at radius 2 is 2.15 bits per heavy atom. The van der Waals surface area contributed by atoms with Crippen molar-refractivity contribution in [1.82, 2.24) is 9.88 Å². The van der Waals surface area contributed by atoms with E-state index in [1.165, 1.54) is 0 Å². The fourth-order valence-corrected chi connectivity index (χ4v) is 2.31. The normalized spacial score (nSPS) is 11.5. The predicted octanol–water partition coefficient (Wildman–Crippen LogP) is 3.33. The second-order valence-electron chi connectivity index (χ2n) is 5.25. The van der Waals surface area contributed by atoms with Crippen LogP contribution in [0.15, 0.2) is 28.9 Å². The molecule has 0 fully saturated rings. The van der Waals surface area contributed by atoms with Gasteiger partial charge in [0.05, 0.1) is 11.2 Å². The van der Waals surface area contributed by atoms with Gasteiger partial charge >= 0.3 is 0 Å².